The molecule has 1 heterocycles. The van der Waals surface area contributed by atoms with E-state index in [1.165, 1.54) is 16.7 Å². The molecule has 1 aromatic rings. The van der Waals surface area contributed by atoms with Gasteiger partial charge in [0.15, 0.2) is 0 Å². The monoisotopic (exact) mass is 267 g/mol. The van der Waals surface area contributed by atoms with Crippen LogP contribution in [0.25, 0.3) is 5.57 Å². The zero-order chi connectivity index (χ0) is 13.6. The van der Waals surface area contributed by atoms with Gasteiger partial charge in [-0.3, -0.25) is 4.90 Å². The van der Waals surface area contributed by atoms with E-state index in [4.69, 9.17) is 4.74 Å². The first kappa shape index (κ1) is 13.3. The smallest absolute Gasteiger partial charge is 0.0594 e. The van der Waals surface area contributed by atoms with Crippen LogP contribution in [-0.2, 0) is 11.3 Å². The van der Waals surface area contributed by atoms with Gasteiger partial charge >= 0.3 is 0 Å². The van der Waals surface area contributed by atoms with Crippen molar-refractivity contribution >= 4 is 5.57 Å². The van der Waals surface area contributed by atoms with Gasteiger partial charge in [0, 0.05) is 19.6 Å². The summed E-state index contributed by atoms with van der Waals surface area (Å²) in [5.74, 6) is 0. The number of nitrogens with zero attached hydrogens (tertiary/aromatic N) is 1. The van der Waals surface area contributed by atoms with Crippen molar-refractivity contribution in [2.24, 2.45) is 0 Å². The second kappa shape index (κ2) is 6.69. The highest BCUT2D eigenvalue weighted by Gasteiger charge is 2.10. The van der Waals surface area contributed by atoms with Crippen LogP contribution in [0, 0.1) is 0 Å². The van der Waals surface area contributed by atoms with Crippen LogP contribution in [0.2, 0.25) is 0 Å². The molecular formula is C18H21NO. The largest absolute Gasteiger partial charge is 0.379 e. The van der Waals surface area contributed by atoms with E-state index in [0.29, 0.717) is 0 Å². The molecule has 0 aromatic heterocycles. The normalized spacial score (nSPS) is 19.7. The van der Waals surface area contributed by atoms with Gasteiger partial charge in [0.25, 0.3) is 0 Å². The summed E-state index contributed by atoms with van der Waals surface area (Å²) in [5, 5.41) is 0. The van der Waals surface area contributed by atoms with Crippen LogP contribution in [0.4, 0.5) is 0 Å². The number of ether oxygens (including phenoxy) is 1. The minimum absolute atomic E-state index is 0.865. The van der Waals surface area contributed by atoms with Gasteiger partial charge < -0.3 is 4.74 Å². The van der Waals surface area contributed by atoms with Crippen molar-refractivity contribution in [3.05, 3.63) is 65.8 Å². The van der Waals surface area contributed by atoms with Gasteiger partial charge in [-0.05, 0) is 23.1 Å². The van der Waals surface area contributed by atoms with Gasteiger partial charge in [0.1, 0.15) is 0 Å². The fourth-order valence-electron chi connectivity index (χ4n) is 2.63. The lowest BCUT2D eigenvalue weighted by Gasteiger charge is -2.26. The van der Waals surface area contributed by atoms with Crippen LogP contribution < -0.4 is 0 Å². The van der Waals surface area contributed by atoms with Crippen LogP contribution in [0.15, 0.2) is 54.6 Å². The average Bonchev–Trinajstić information content (AvgIpc) is 2.78. The molecule has 1 aliphatic heterocycles. The number of rotatable bonds is 3. The summed E-state index contributed by atoms with van der Waals surface area (Å²) >= 11 is 0. The quantitative estimate of drug-likeness (QED) is 0.832. The molecule has 1 saturated heterocycles. The van der Waals surface area contributed by atoms with Crippen molar-refractivity contribution in [1.82, 2.24) is 4.90 Å². The van der Waals surface area contributed by atoms with E-state index >= 15 is 0 Å². The van der Waals surface area contributed by atoms with E-state index in [9.17, 15) is 0 Å². The van der Waals surface area contributed by atoms with Gasteiger partial charge in [-0.15, -0.1) is 0 Å². The molecule has 1 fully saturated rings. The summed E-state index contributed by atoms with van der Waals surface area (Å²) in [6.45, 7) is 4.85. The first-order valence-corrected chi connectivity index (χ1v) is 7.33. The number of hydrogen-bond donors (Lipinski definition) is 0. The maximum Gasteiger partial charge on any atom is 0.0594 e. The molecule has 2 nitrogen and oxygen atoms in total. The summed E-state index contributed by atoms with van der Waals surface area (Å²) in [7, 11) is 0. The number of allylic oxidation sites excluding steroid dienone is 6. The van der Waals surface area contributed by atoms with Crippen molar-refractivity contribution in [3.63, 3.8) is 0 Å². The highest BCUT2D eigenvalue weighted by molar-refractivity contribution is 5.69. The molecule has 0 radical (unpaired) electrons. The predicted octanol–water partition coefficient (Wildman–Crippen LogP) is 3.42. The minimum atomic E-state index is 0.865. The van der Waals surface area contributed by atoms with Crippen LogP contribution in [0.1, 0.15) is 17.5 Å². The molecule has 0 spiro atoms. The molecule has 0 bridgehead atoms. The Morgan fingerprint density at radius 1 is 0.950 bits per heavy atom. The van der Waals surface area contributed by atoms with E-state index in [2.05, 4.69) is 59.5 Å². The fraction of sp³-hybridized carbons (Fsp3) is 0.333. The zero-order valence-corrected chi connectivity index (χ0v) is 11.8. The number of morpholine rings is 1. The Kier molecular flexibility index (Phi) is 4.46. The predicted molar refractivity (Wildman–Crippen MR) is 83.4 cm³/mol. The van der Waals surface area contributed by atoms with Crippen LogP contribution in [-0.4, -0.2) is 31.2 Å². The summed E-state index contributed by atoms with van der Waals surface area (Å²) in [6.07, 6.45) is 11.7. The summed E-state index contributed by atoms with van der Waals surface area (Å²) < 4.78 is 5.39. The Bertz CT molecular complexity index is 519. The molecule has 0 N–H and O–H groups in total. The second-order valence-electron chi connectivity index (χ2n) is 5.29. The molecule has 0 atom stereocenters. The molecule has 2 heteroatoms. The van der Waals surface area contributed by atoms with Crippen molar-refractivity contribution in [1.29, 1.82) is 0 Å². The van der Waals surface area contributed by atoms with Crippen LogP contribution in [0.5, 0.6) is 0 Å². The zero-order valence-electron chi connectivity index (χ0n) is 11.8. The molecule has 2 aliphatic rings. The Morgan fingerprint density at radius 2 is 1.75 bits per heavy atom. The lowest BCUT2D eigenvalue weighted by Crippen LogP contribution is -2.35. The third-order valence-electron chi connectivity index (χ3n) is 3.83. The minimum Gasteiger partial charge on any atom is -0.379 e. The SMILES string of the molecule is C1=CC=C(c2ccc(CN3CCOCC3)cc2)CC=C1. The molecular weight excluding hydrogens is 246 g/mol. The Morgan fingerprint density at radius 3 is 2.55 bits per heavy atom. The third-order valence-corrected chi connectivity index (χ3v) is 3.83. The topological polar surface area (TPSA) is 12.5 Å². The van der Waals surface area contributed by atoms with Crippen molar-refractivity contribution < 1.29 is 4.74 Å². The van der Waals surface area contributed by atoms with E-state index in [1.807, 2.05) is 0 Å². The average molecular weight is 267 g/mol. The van der Waals surface area contributed by atoms with E-state index in [0.717, 1.165) is 39.3 Å². The van der Waals surface area contributed by atoms with Crippen LogP contribution >= 0.6 is 0 Å². The highest BCUT2D eigenvalue weighted by atomic mass is 16.5. The summed E-state index contributed by atoms with van der Waals surface area (Å²) in [5.41, 5.74) is 4.09. The van der Waals surface area contributed by atoms with Gasteiger partial charge in [0.05, 0.1) is 13.2 Å². The Hall–Kier alpha value is -1.64. The van der Waals surface area contributed by atoms with Crippen molar-refractivity contribution in [2.45, 2.75) is 13.0 Å². The molecule has 0 unspecified atom stereocenters. The standard InChI is InChI=1S/C18H21NO/c1-2-4-6-17(5-3-1)18-9-7-16(8-10-18)15-19-11-13-20-14-12-19/h1-5,7-10H,6,11-15H2. The molecule has 0 saturated carbocycles. The van der Waals surface area contributed by atoms with E-state index in [1.54, 1.807) is 0 Å². The summed E-state index contributed by atoms with van der Waals surface area (Å²) in [4.78, 5) is 2.45. The van der Waals surface area contributed by atoms with Crippen molar-refractivity contribution in [2.75, 3.05) is 26.3 Å². The lowest BCUT2D eigenvalue weighted by molar-refractivity contribution is 0.0342. The molecule has 20 heavy (non-hydrogen) atoms. The molecule has 104 valence electrons. The van der Waals surface area contributed by atoms with Crippen LogP contribution in [0.3, 0.4) is 0 Å². The Labute approximate surface area is 121 Å². The number of hydrogen-bond acceptors (Lipinski definition) is 2. The maximum atomic E-state index is 5.39. The van der Waals surface area contributed by atoms with Gasteiger partial charge in [-0.1, -0.05) is 54.6 Å². The molecule has 1 aromatic carbocycles. The van der Waals surface area contributed by atoms with Gasteiger partial charge in [-0.25, -0.2) is 0 Å². The second-order valence-corrected chi connectivity index (χ2v) is 5.29. The first-order valence-electron chi connectivity index (χ1n) is 7.33. The first-order chi connectivity index (χ1) is 9.92. The lowest BCUT2D eigenvalue weighted by atomic mass is 10.0. The molecule has 0 amide bonds. The van der Waals surface area contributed by atoms with Crippen molar-refractivity contribution in [3.8, 4) is 0 Å². The third kappa shape index (κ3) is 3.47. The highest BCUT2D eigenvalue weighted by Crippen LogP contribution is 2.21. The van der Waals surface area contributed by atoms with E-state index < -0.39 is 0 Å². The maximum absolute atomic E-state index is 5.39. The van der Waals surface area contributed by atoms with E-state index in [-0.39, 0.29) is 0 Å². The Balaban J connectivity index is 1.66. The number of benzene rings is 1. The van der Waals surface area contributed by atoms with Gasteiger partial charge in [-0.2, -0.15) is 0 Å². The molecule has 1 aliphatic carbocycles. The molecule has 3 rings (SSSR count). The van der Waals surface area contributed by atoms with Gasteiger partial charge in [0.2, 0.25) is 0 Å². The fourth-order valence-corrected chi connectivity index (χ4v) is 2.63. The summed E-state index contributed by atoms with van der Waals surface area (Å²) in [6, 6.07) is 9.00.